The second-order valence-corrected chi connectivity index (χ2v) is 3.39. The van der Waals surface area contributed by atoms with Crippen molar-refractivity contribution in [3.63, 3.8) is 0 Å². The number of carbonyl (C=O) groups excluding carboxylic acids is 1. The van der Waals surface area contributed by atoms with E-state index in [0.29, 0.717) is 5.56 Å². The third-order valence-electron chi connectivity index (χ3n) is 2.43. The second kappa shape index (κ2) is 5.09. The molecule has 0 amide bonds. The molecule has 0 heterocycles. The minimum Gasteiger partial charge on any atom is -0.465 e. The predicted octanol–water partition coefficient (Wildman–Crippen LogP) is 1.61. The van der Waals surface area contributed by atoms with Gasteiger partial charge in [-0.1, -0.05) is 29.8 Å². The third kappa shape index (κ3) is 2.08. The molecule has 0 aromatic heterocycles. The fourth-order valence-electron chi connectivity index (χ4n) is 1.59. The van der Waals surface area contributed by atoms with Gasteiger partial charge in [0.15, 0.2) is 0 Å². The van der Waals surface area contributed by atoms with Gasteiger partial charge < -0.3 is 14.2 Å². The summed E-state index contributed by atoms with van der Waals surface area (Å²) in [4.78, 5) is 11.7. The van der Waals surface area contributed by atoms with Crippen molar-refractivity contribution in [1.82, 2.24) is 0 Å². The molecule has 88 valence electrons. The van der Waals surface area contributed by atoms with E-state index in [1.807, 2.05) is 25.1 Å². The van der Waals surface area contributed by atoms with E-state index in [0.717, 1.165) is 5.56 Å². The van der Waals surface area contributed by atoms with Crippen LogP contribution in [0.4, 0.5) is 0 Å². The third-order valence-corrected chi connectivity index (χ3v) is 2.43. The molecular formula is C12H16O4. The first kappa shape index (κ1) is 12.7. The van der Waals surface area contributed by atoms with E-state index in [-0.39, 0.29) is 0 Å². The van der Waals surface area contributed by atoms with Gasteiger partial charge >= 0.3 is 5.97 Å². The lowest BCUT2D eigenvalue weighted by molar-refractivity contribution is -0.233. The Labute approximate surface area is 95.1 Å². The highest BCUT2D eigenvalue weighted by Gasteiger charge is 2.42. The van der Waals surface area contributed by atoms with Crippen molar-refractivity contribution in [2.75, 3.05) is 21.3 Å². The number of benzene rings is 1. The highest BCUT2D eigenvalue weighted by molar-refractivity contribution is 5.79. The van der Waals surface area contributed by atoms with Crippen LogP contribution in [-0.2, 0) is 24.8 Å². The molecule has 0 radical (unpaired) electrons. The standard InChI is InChI=1S/C12H16O4/c1-9-6-5-7-10(8-9)12(15-3,16-4)11(13)14-2/h5-8H,1-4H3. The Morgan fingerprint density at radius 1 is 1.19 bits per heavy atom. The molecule has 0 saturated carbocycles. The summed E-state index contributed by atoms with van der Waals surface area (Å²) in [6.07, 6.45) is 0. The Balaban J connectivity index is 3.25. The average Bonchev–Trinajstić information content (AvgIpc) is 2.31. The number of esters is 1. The van der Waals surface area contributed by atoms with Gasteiger partial charge in [-0.15, -0.1) is 0 Å². The number of hydrogen-bond donors (Lipinski definition) is 0. The van der Waals surface area contributed by atoms with E-state index < -0.39 is 11.8 Å². The Bertz CT molecular complexity index is 369. The van der Waals surface area contributed by atoms with Crippen LogP contribution in [0.25, 0.3) is 0 Å². The zero-order valence-electron chi connectivity index (χ0n) is 9.94. The minimum absolute atomic E-state index is 0.580. The fourth-order valence-corrected chi connectivity index (χ4v) is 1.59. The van der Waals surface area contributed by atoms with E-state index in [4.69, 9.17) is 14.2 Å². The van der Waals surface area contributed by atoms with Crippen LogP contribution < -0.4 is 0 Å². The van der Waals surface area contributed by atoms with Gasteiger partial charge in [-0.25, -0.2) is 4.79 Å². The van der Waals surface area contributed by atoms with Crippen molar-refractivity contribution in [2.24, 2.45) is 0 Å². The van der Waals surface area contributed by atoms with Crippen LogP contribution in [0.15, 0.2) is 24.3 Å². The van der Waals surface area contributed by atoms with Gasteiger partial charge in [0.2, 0.25) is 0 Å². The summed E-state index contributed by atoms with van der Waals surface area (Å²) in [6, 6.07) is 7.35. The van der Waals surface area contributed by atoms with Crippen LogP contribution in [0.2, 0.25) is 0 Å². The molecular weight excluding hydrogens is 208 g/mol. The molecule has 0 N–H and O–H groups in total. The lowest BCUT2D eigenvalue weighted by atomic mass is 10.0. The molecule has 0 atom stereocenters. The Morgan fingerprint density at radius 2 is 1.81 bits per heavy atom. The minimum atomic E-state index is -1.49. The number of rotatable bonds is 4. The smallest absolute Gasteiger partial charge is 0.371 e. The van der Waals surface area contributed by atoms with E-state index in [9.17, 15) is 4.79 Å². The molecule has 4 heteroatoms. The molecule has 0 fully saturated rings. The molecule has 1 aromatic rings. The zero-order valence-corrected chi connectivity index (χ0v) is 9.94. The normalized spacial score (nSPS) is 11.2. The zero-order chi connectivity index (χ0) is 12.2. The van der Waals surface area contributed by atoms with Gasteiger partial charge in [0.25, 0.3) is 5.79 Å². The van der Waals surface area contributed by atoms with Crippen molar-refractivity contribution in [2.45, 2.75) is 12.7 Å². The van der Waals surface area contributed by atoms with Crippen LogP contribution in [-0.4, -0.2) is 27.3 Å². The largest absolute Gasteiger partial charge is 0.465 e. The number of hydrogen-bond acceptors (Lipinski definition) is 4. The van der Waals surface area contributed by atoms with Crippen LogP contribution in [0.5, 0.6) is 0 Å². The Morgan fingerprint density at radius 3 is 2.25 bits per heavy atom. The van der Waals surface area contributed by atoms with Crippen LogP contribution in [0.1, 0.15) is 11.1 Å². The monoisotopic (exact) mass is 224 g/mol. The molecule has 1 rings (SSSR count). The molecule has 0 aliphatic heterocycles. The summed E-state index contributed by atoms with van der Waals surface area (Å²) in [6.45, 7) is 1.93. The SMILES string of the molecule is COC(=O)C(OC)(OC)c1cccc(C)c1. The van der Waals surface area contributed by atoms with Crippen LogP contribution in [0.3, 0.4) is 0 Å². The maximum absolute atomic E-state index is 11.7. The second-order valence-electron chi connectivity index (χ2n) is 3.39. The molecule has 0 aliphatic rings. The highest BCUT2D eigenvalue weighted by atomic mass is 16.7. The van der Waals surface area contributed by atoms with Crippen molar-refractivity contribution in [3.8, 4) is 0 Å². The number of ether oxygens (including phenoxy) is 3. The molecule has 4 nitrogen and oxygen atoms in total. The lowest BCUT2D eigenvalue weighted by Gasteiger charge is -2.28. The summed E-state index contributed by atoms with van der Waals surface area (Å²) in [7, 11) is 4.11. The maximum Gasteiger partial charge on any atom is 0.371 e. The van der Waals surface area contributed by atoms with E-state index in [1.54, 1.807) is 6.07 Å². The fraction of sp³-hybridized carbons (Fsp3) is 0.417. The van der Waals surface area contributed by atoms with Crippen molar-refractivity contribution < 1.29 is 19.0 Å². The summed E-state index contributed by atoms with van der Waals surface area (Å²) in [5.41, 5.74) is 1.63. The molecule has 0 saturated heterocycles. The number of aryl methyl sites for hydroxylation is 1. The van der Waals surface area contributed by atoms with Gasteiger partial charge in [0.05, 0.1) is 7.11 Å². The van der Waals surface area contributed by atoms with E-state index in [2.05, 4.69) is 0 Å². The summed E-state index contributed by atoms with van der Waals surface area (Å²) < 4.78 is 15.1. The molecule has 0 aliphatic carbocycles. The number of carbonyl (C=O) groups is 1. The van der Waals surface area contributed by atoms with Crippen LogP contribution in [0, 0.1) is 6.92 Å². The molecule has 1 aromatic carbocycles. The first-order valence-electron chi connectivity index (χ1n) is 4.86. The van der Waals surface area contributed by atoms with Crippen molar-refractivity contribution in [3.05, 3.63) is 35.4 Å². The Kier molecular flexibility index (Phi) is 4.04. The summed E-state index contributed by atoms with van der Waals surface area (Å²) >= 11 is 0. The maximum atomic E-state index is 11.7. The summed E-state index contributed by atoms with van der Waals surface area (Å²) in [5, 5.41) is 0. The molecule has 0 spiro atoms. The van der Waals surface area contributed by atoms with Crippen LogP contribution >= 0.6 is 0 Å². The molecule has 16 heavy (non-hydrogen) atoms. The summed E-state index contributed by atoms with van der Waals surface area (Å²) in [5.74, 6) is -2.07. The molecule has 0 bridgehead atoms. The topological polar surface area (TPSA) is 44.8 Å². The highest BCUT2D eigenvalue weighted by Crippen LogP contribution is 2.28. The first-order valence-corrected chi connectivity index (χ1v) is 4.86. The first-order chi connectivity index (χ1) is 7.60. The van der Waals surface area contributed by atoms with Gasteiger partial charge in [-0.05, 0) is 6.92 Å². The average molecular weight is 224 g/mol. The number of methoxy groups -OCH3 is 3. The van der Waals surface area contributed by atoms with Gasteiger partial charge in [0.1, 0.15) is 0 Å². The predicted molar refractivity (Wildman–Crippen MR) is 58.9 cm³/mol. The van der Waals surface area contributed by atoms with E-state index >= 15 is 0 Å². The van der Waals surface area contributed by atoms with Crippen molar-refractivity contribution in [1.29, 1.82) is 0 Å². The lowest BCUT2D eigenvalue weighted by Crippen LogP contribution is -2.40. The van der Waals surface area contributed by atoms with Crippen molar-refractivity contribution >= 4 is 5.97 Å². The quantitative estimate of drug-likeness (QED) is 0.575. The van der Waals surface area contributed by atoms with Gasteiger partial charge in [0, 0.05) is 19.8 Å². The van der Waals surface area contributed by atoms with Gasteiger partial charge in [-0.3, -0.25) is 0 Å². The Hall–Kier alpha value is -1.39. The van der Waals surface area contributed by atoms with Gasteiger partial charge in [-0.2, -0.15) is 0 Å². The van der Waals surface area contributed by atoms with E-state index in [1.165, 1.54) is 21.3 Å². The molecule has 0 unspecified atom stereocenters.